The summed E-state index contributed by atoms with van der Waals surface area (Å²) in [7, 11) is -3.68. The number of sulfonamides is 1. The smallest absolute Gasteiger partial charge is 0.239 e. The van der Waals surface area contributed by atoms with E-state index >= 15 is 0 Å². The van der Waals surface area contributed by atoms with Crippen molar-refractivity contribution in [3.05, 3.63) is 18.3 Å². The number of hydrogen-bond acceptors (Lipinski definition) is 6. The van der Waals surface area contributed by atoms with Crippen molar-refractivity contribution in [1.29, 1.82) is 0 Å². The number of morpholine rings is 1. The molecule has 3 heterocycles. The molecule has 2 unspecified atom stereocenters. The molecule has 8 heteroatoms. The van der Waals surface area contributed by atoms with E-state index in [0.717, 1.165) is 51.4 Å². The first-order valence-electron chi connectivity index (χ1n) is 8.93. The number of primary sulfonamides is 1. The van der Waals surface area contributed by atoms with Crippen LogP contribution in [0, 0.1) is 5.92 Å². The Labute approximate surface area is 150 Å². The van der Waals surface area contributed by atoms with Gasteiger partial charge in [0.05, 0.1) is 12.2 Å². The van der Waals surface area contributed by atoms with Gasteiger partial charge in [0, 0.05) is 38.9 Å². The standard InChI is InChI=1S/C17H28N4O3S/c1-13-10-20(11-14(2)24-13)12-15-5-7-21(8-6-15)17-4-3-16(9-19-17)25(18,22)23/h3-4,9,13-15H,5-8,10-12H2,1-2H3,(H2,18,22,23). The third-order valence-electron chi connectivity index (χ3n) is 5.00. The number of rotatable bonds is 4. The minimum absolute atomic E-state index is 0.0571. The van der Waals surface area contributed by atoms with Gasteiger partial charge < -0.3 is 9.64 Å². The molecule has 140 valence electrons. The number of pyridine rings is 1. The van der Waals surface area contributed by atoms with Gasteiger partial charge in [-0.3, -0.25) is 4.90 Å². The van der Waals surface area contributed by atoms with E-state index in [2.05, 4.69) is 28.6 Å². The zero-order chi connectivity index (χ0) is 18.0. The monoisotopic (exact) mass is 368 g/mol. The number of nitrogens with two attached hydrogens (primary N) is 1. The Morgan fingerprint density at radius 1 is 1.20 bits per heavy atom. The SMILES string of the molecule is CC1CN(CC2CCN(c3ccc(S(N)(=O)=O)cn3)CC2)CC(C)O1. The maximum absolute atomic E-state index is 11.3. The highest BCUT2D eigenvalue weighted by Gasteiger charge is 2.27. The normalized spacial score (nSPS) is 26.8. The molecule has 0 bridgehead atoms. The molecular formula is C17H28N4O3S. The van der Waals surface area contributed by atoms with Crippen molar-refractivity contribution in [2.24, 2.45) is 11.1 Å². The topological polar surface area (TPSA) is 88.8 Å². The molecule has 0 spiro atoms. The van der Waals surface area contributed by atoms with E-state index in [1.807, 2.05) is 0 Å². The molecule has 3 rings (SSSR count). The van der Waals surface area contributed by atoms with Crippen LogP contribution in [-0.4, -0.2) is 63.2 Å². The molecule has 0 amide bonds. The van der Waals surface area contributed by atoms with E-state index in [-0.39, 0.29) is 4.90 Å². The molecule has 2 aliphatic rings. The van der Waals surface area contributed by atoms with E-state index < -0.39 is 10.0 Å². The summed E-state index contributed by atoms with van der Waals surface area (Å²) in [5.74, 6) is 1.51. The largest absolute Gasteiger partial charge is 0.373 e. The van der Waals surface area contributed by atoms with Crippen molar-refractivity contribution in [3.8, 4) is 0 Å². The first kappa shape index (κ1) is 18.6. The molecule has 7 nitrogen and oxygen atoms in total. The highest BCUT2D eigenvalue weighted by molar-refractivity contribution is 7.89. The number of aromatic nitrogens is 1. The minimum Gasteiger partial charge on any atom is -0.373 e. The van der Waals surface area contributed by atoms with Crippen LogP contribution in [0.4, 0.5) is 5.82 Å². The second-order valence-electron chi connectivity index (χ2n) is 7.30. The van der Waals surface area contributed by atoms with Gasteiger partial charge >= 0.3 is 0 Å². The Hall–Kier alpha value is -1.22. The van der Waals surface area contributed by atoms with Gasteiger partial charge in [0.25, 0.3) is 0 Å². The van der Waals surface area contributed by atoms with E-state index in [0.29, 0.717) is 18.1 Å². The summed E-state index contributed by atoms with van der Waals surface area (Å²) in [6, 6.07) is 3.27. The molecule has 2 fully saturated rings. The molecule has 25 heavy (non-hydrogen) atoms. The summed E-state index contributed by atoms with van der Waals surface area (Å²) in [6.45, 7) is 9.33. The molecule has 0 radical (unpaired) electrons. The predicted octanol–water partition coefficient (Wildman–Crippen LogP) is 1.05. The highest BCUT2D eigenvalue weighted by atomic mass is 32.2. The van der Waals surface area contributed by atoms with Crippen molar-refractivity contribution in [2.75, 3.05) is 37.6 Å². The van der Waals surface area contributed by atoms with E-state index in [1.165, 1.54) is 12.3 Å². The fraction of sp³-hybridized carbons (Fsp3) is 0.706. The second-order valence-corrected chi connectivity index (χ2v) is 8.86. The lowest BCUT2D eigenvalue weighted by atomic mass is 9.95. The maximum atomic E-state index is 11.3. The fourth-order valence-electron chi connectivity index (χ4n) is 3.87. The third kappa shape index (κ3) is 4.91. The van der Waals surface area contributed by atoms with Gasteiger partial charge in [-0.25, -0.2) is 18.5 Å². The van der Waals surface area contributed by atoms with Crippen LogP contribution < -0.4 is 10.0 Å². The molecule has 1 aromatic heterocycles. The first-order chi connectivity index (χ1) is 11.8. The van der Waals surface area contributed by atoms with Gasteiger partial charge in [-0.15, -0.1) is 0 Å². The molecule has 0 aromatic carbocycles. The quantitative estimate of drug-likeness (QED) is 0.855. The molecule has 2 saturated heterocycles. The van der Waals surface area contributed by atoms with Gasteiger partial charge in [0.2, 0.25) is 10.0 Å². The molecule has 0 saturated carbocycles. The fourth-order valence-corrected chi connectivity index (χ4v) is 4.33. The van der Waals surface area contributed by atoms with Crippen molar-refractivity contribution in [3.63, 3.8) is 0 Å². The Kier molecular flexibility index (Phi) is 5.62. The lowest BCUT2D eigenvalue weighted by Crippen LogP contribution is -2.48. The van der Waals surface area contributed by atoms with Crippen molar-refractivity contribution < 1.29 is 13.2 Å². The molecule has 2 atom stereocenters. The summed E-state index contributed by atoms with van der Waals surface area (Å²) >= 11 is 0. The molecular weight excluding hydrogens is 340 g/mol. The van der Waals surface area contributed by atoms with Crippen LogP contribution in [-0.2, 0) is 14.8 Å². The van der Waals surface area contributed by atoms with Crippen LogP contribution in [0.25, 0.3) is 0 Å². The maximum Gasteiger partial charge on any atom is 0.239 e. The number of hydrogen-bond donors (Lipinski definition) is 1. The van der Waals surface area contributed by atoms with E-state index in [4.69, 9.17) is 9.88 Å². The molecule has 2 N–H and O–H groups in total. The summed E-state index contributed by atoms with van der Waals surface area (Å²) in [6.07, 6.45) is 4.21. The second kappa shape index (κ2) is 7.57. The van der Waals surface area contributed by atoms with Gasteiger partial charge in [-0.1, -0.05) is 0 Å². The van der Waals surface area contributed by atoms with Crippen LogP contribution in [0.2, 0.25) is 0 Å². The summed E-state index contributed by atoms with van der Waals surface area (Å²) in [4.78, 5) is 9.07. The van der Waals surface area contributed by atoms with E-state index in [9.17, 15) is 8.42 Å². The number of nitrogens with zero attached hydrogens (tertiary/aromatic N) is 3. The zero-order valence-corrected chi connectivity index (χ0v) is 15.8. The highest BCUT2D eigenvalue weighted by Crippen LogP contribution is 2.24. The third-order valence-corrected chi connectivity index (χ3v) is 5.90. The molecule has 2 aliphatic heterocycles. The number of anilines is 1. The summed E-state index contributed by atoms with van der Waals surface area (Å²) in [5.41, 5.74) is 0. The van der Waals surface area contributed by atoms with Crippen molar-refractivity contribution in [1.82, 2.24) is 9.88 Å². The molecule has 1 aromatic rings. The molecule has 0 aliphatic carbocycles. The van der Waals surface area contributed by atoms with E-state index in [1.54, 1.807) is 6.07 Å². The Balaban J connectivity index is 1.52. The van der Waals surface area contributed by atoms with Gasteiger partial charge in [-0.05, 0) is 44.7 Å². The minimum atomic E-state index is -3.68. The number of piperidine rings is 1. The predicted molar refractivity (Wildman–Crippen MR) is 97.0 cm³/mol. The van der Waals surface area contributed by atoms with Crippen LogP contribution in [0.3, 0.4) is 0 Å². The lowest BCUT2D eigenvalue weighted by Gasteiger charge is -2.39. The van der Waals surface area contributed by atoms with Gasteiger partial charge in [0.1, 0.15) is 10.7 Å². The van der Waals surface area contributed by atoms with Crippen molar-refractivity contribution in [2.45, 2.75) is 43.8 Å². The lowest BCUT2D eigenvalue weighted by molar-refractivity contribution is -0.0720. The Morgan fingerprint density at radius 3 is 2.36 bits per heavy atom. The summed E-state index contributed by atoms with van der Waals surface area (Å²) < 4.78 is 28.4. The average Bonchev–Trinajstić information content (AvgIpc) is 2.54. The summed E-state index contributed by atoms with van der Waals surface area (Å²) in [5, 5.41) is 5.12. The zero-order valence-electron chi connectivity index (χ0n) is 15.0. The number of ether oxygens (including phenoxy) is 1. The van der Waals surface area contributed by atoms with Gasteiger partial charge in [-0.2, -0.15) is 0 Å². The van der Waals surface area contributed by atoms with Crippen LogP contribution >= 0.6 is 0 Å². The van der Waals surface area contributed by atoms with Crippen LogP contribution in [0.1, 0.15) is 26.7 Å². The van der Waals surface area contributed by atoms with Crippen molar-refractivity contribution >= 4 is 15.8 Å². The Bertz CT molecular complexity index is 662. The first-order valence-corrected chi connectivity index (χ1v) is 10.5. The Morgan fingerprint density at radius 2 is 1.84 bits per heavy atom. The van der Waals surface area contributed by atoms with Crippen LogP contribution in [0.5, 0.6) is 0 Å². The average molecular weight is 369 g/mol. The van der Waals surface area contributed by atoms with Crippen LogP contribution in [0.15, 0.2) is 23.2 Å². The van der Waals surface area contributed by atoms with Gasteiger partial charge in [0.15, 0.2) is 0 Å².